The Bertz CT molecular complexity index is 677. The highest BCUT2D eigenvalue weighted by molar-refractivity contribution is 5.50. The topological polar surface area (TPSA) is 44.3 Å². The summed E-state index contributed by atoms with van der Waals surface area (Å²) in [5.41, 5.74) is 2.55. The lowest BCUT2D eigenvalue weighted by Crippen LogP contribution is -2.46. The van der Waals surface area contributed by atoms with Crippen molar-refractivity contribution in [1.82, 2.24) is 14.9 Å². The number of benzene rings is 1. The van der Waals surface area contributed by atoms with Gasteiger partial charge >= 0.3 is 0 Å². The number of rotatable bonds is 5. The Morgan fingerprint density at radius 2 is 1.83 bits per heavy atom. The molecule has 0 saturated carbocycles. The molecule has 128 valence electrons. The molecule has 5 heteroatoms. The minimum absolute atomic E-state index is 0.779. The summed E-state index contributed by atoms with van der Waals surface area (Å²) in [5, 5.41) is 3.44. The van der Waals surface area contributed by atoms with E-state index in [1.54, 1.807) is 0 Å². The lowest BCUT2D eigenvalue weighted by molar-refractivity contribution is 0.270. The molecule has 0 bridgehead atoms. The monoisotopic (exact) mass is 325 g/mol. The highest BCUT2D eigenvalue weighted by Crippen LogP contribution is 2.18. The number of piperazine rings is 1. The largest absolute Gasteiger partial charge is 0.366 e. The van der Waals surface area contributed by atoms with Gasteiger partial charge in [0.1, 0.15) is 17.5 Å². The van der Waals surface area contributed by atoms with Gasteiger partial charge in [-0.1, -0.05) is 36.8 Å². The number of hydrogen-bond acceptors (Lipinski definition) is 5. The maximum Gasteiger partial charge on any atom is 0.134 e. The average molecular weight is 325 g/mol. The van der Waals surface area contributed by atoms with Crippen LogP contribution in [0, 0.1) is 13.8 Å². The summed E-state index contributed by atoms with van der Waals surface area (Å²) in [5.74, 6) is 2.75. The van der Waals surface area contributed by atoms with Crippen LogP contribution >= 0.6 is 0 Å². The van der Waals surface area contributed by atoms with Crippen molar-refractivity contribution >= 4 is 11.6 Å². The third-order valence-electron chi connectivity index (χ3n) is 4.52. The molecule has 24 heavy (non-hydrogen) atoms. The maximum absolute atomic E-state index is 4.63. The number of aryl methyl sites for hydroxylation is 2. The molecule has 0 unspecified atom stereocenters. The predicted molar refractivity (Wildman–Crippen MR) is 99.6 cm³/mol. The van der Waals surface area contributed by atoms with Crippen LogP contribution in [0.3, 0.4) is 0 Å². The molecule has 1 saturated heterocycles. The SMILES string of the molecule is CCN1CCN(c2cc(NCc3cccc(C)c3)nc(C)n2)CC1. The number of hydrogen-bond donors (Lipinski definition) is 1. The number of likely N-dealkylation sites (N-methyl/N-ethyl adjacent to an activating group) is 1. The molecule has 0 radical (unpaired) electrons. The minimum atomic E-state index is 0.779. The quantitative estimate of drug-likeness (QED) is 0.916. The number of nitrogens with zero attached hydrogens (tertiary/aromatic N) is 4. The van der Waals surface area contributed by atoms with E-state index in [4.69, 9.17) is 0 Å². The Kier molecular flexibility index (Phi) is 5.30. The Balaban J connectivity index is 1.67. The van der Waals surface area contributed by atoms with Crippen LogP contribution in [-0.4, -0.2) is 47.6 Å². The maximum atomic E-state index is 4.63. The van der Waals surface area contributed by atoms with E-state index in [0.29, 0.717) is 0 Å². The van der Waals surface area contributed by atoms with Crippen molar-refractivity contribution in [1.29, 1.82) is 0 Å². The zero-order valence-electron chi connectivity index (χ0n) is 14.9. The number of aromatic nitrogens is 2. The van der Waals surface area contributed by atoms with Crippen LogP contribution in [-0.2, 0) is 6.54 Å². The van der Waals surface area contributed by atoms with Gasteiger partial charge in [-0.15, -0.1) is 0 Å². The van der Waals surface area contributed by atoms with Crippen molar-refractivity contribution in [2.24, 2.45) is 0 Å². The molecule has 1 aromatic carbocycles. The van der Waals surface area contributed by atoms with Crippen molar-refractivity contribution < 1.29 is 0 Å². The van der Waals surface area contributed by atoms with Crippen LogP contribution < -0.4 is 10.2 Å². The fraction of sp³-hybridized carbons (Fsp3) is 0.474. The van der Waals surface area contributed by atoms with E-state index >= 15 is 0 Å². The Morgan fingerprint density at radius 1 is 1.04 bits per heavy atom. The number of nitrogens with one attached hydrogen (secondary N) is 1. The van der Waals surface area contributed by atoms with E-state index in [1.165, 1.54) is 11.1 Å². The highest BCUT2D eigenvalue weighted by Gasteiger charge is 2.17. The zero-order valence-corrected chi connectivity index (χ0v) is 14.9. The fourth-order valence-electron chi connectivity index (χ4n) is 3.11. The van der Waals surface area contributed by atoms with Gasteiger partial charge in [0.2, 0.25) is 0 Å². The van der Waals surface area contributed by atoms with E-state index < -0.39 is 0 Å². The summed E-state index contributed by atoms with van der Waals surface area (Å²) in [6, 6.07) is 10.6. The minimum Gasteiger partial charge on any atom is -0.366 e. The van der Waals surface area contributed by atoms with Gasteiger partial charge in [-0.05, 0) is 26.0 Å². The summed E-state index contributed by atoms with van der Waals surface area (Å²) in [4.78, 5) is 14.0. The summed E-state index contributed by atoms with van der Waals surface area (Å²) >= 11 is 0. The van der Waals surface area contributed by atoms with Gasteiger partial charge in [-0.3, -0.25) is 0 Å². The second-order valence-electron chi connectivity index (χ2n) is 6.42. The molecular weight excluding hydrogens is 298 g/mol. The standard InChI is InChI=1S/C19H27N5/c1-4-23-8-10-24(11-9-23)19-13-18(21-16(3)22-19)20-14-17-7-5-6-15(2)12-17/h5-7,12-13H,4,8-11,14H2,1-3H3,(H,20,21,22). The van der Waals surface area contributed by atoms with Crippen LogP contribution in [0.25, 0.3) is 0 Å². The van der Waals surface area contributed by atoms with E-state index in [-0.39, 0.29) is 0 Å². The molecule has 1 fully saturated rings. The summed E-state index contributed by atoms with van der Waals surface area (Å²) in [6.45, 7) is 12.5. The third kappa shape index (κ3) is 4.23. The van der Waals surface area contributed by atoms with Gasteiger partial charge in [0.05, 0.1) is 0 Å². The molecule has 1 aliphatic heterocycles. The van der Waals surface area contributed by atoms with Crippen LogP contribution in [0.2, 0.25) is 0 Å². The van der Waals surface area contributed by atoms with Crippen molar-refractivity contribution in [3.63, 3.8) is 0 Å². The summed E-state index contributed by atoms with van der Waals surface area (Å²) < 4.78 is 0. The van der Waals surface area contributed by atoms with E-state index in [2.05, 4.69) is 69.3 Å². The molecule has 3 rings (SSSR count). The Hall–Kier alpha value is -2.14. The first-order valence-electron chi connectivity index (χ1n) is 8.76. The van der Waals surface area contributed by atoms with Gasteiger partial charge in [0.15, 0.2) is 0 Å². The van der Waals surface area contributed by atoms with E-state index in [0.717, 1.165) is 56.7 Å². The van der Waals surface area contributed by atoms with Gasteiger partial charge in [-0.2, -0.15) is 0 Å². The molecule has 1 aromatic heterocycles. The van der Waals surface area contributed by atoms with Crippen molar-refractivity contribution in [3.8, 4) is 0 Å². The van der Waals surface area contributed by atoms with Crippen molar-refractivity contribution in [2.75, 3.05) is 42.9 Å². The highest BCUT2D eigenvalue weighted by atomic mass is 15.3. The normalized spacial score (nSPS) is 15.5. The predicted octanol–water partition coefficient (Wildman–Crippen LogP) is 2.85. The van der Waals surface area contributed by atoms with Gasteiger partial charge in [0, 0.05) is 38.8 Å². The molecule has 2 heterocycles. The first-order valence-corrected chi connectivity index (χ1v) is 8.76. The average Bonchev–Trinajstić information content (AvgIpc) is 2.60. The van der Waals surface area contributed by atoms with Crippen LogP contribution in [0.5, 0.6) is 0 Å². The second-order valence-corrected chi connectivity index (χ2v) is 6.42. The first-order chi connectivity index (χ1) is 11.6. The molecule has 1 aliphatic rings. The number of anilines is 2. The zero-order chi connectivity index (χ0) is 16.9. The molecule has 0 spiro atoms. The van der Waals surface area contributed by atoms with Crippen LogP contribution in [0.4, 0.5) is 11.6 Å². The molecule has 5 nitrogen and oxygen atoms in total. The summed E-state index contributed by atoms with van der Waals surface area (Å²) in [7, 11) is 0. The van der Waals surface area contributed by atoms with Gasteiger partial charge in [0.25, 0.3) is 0 Å². The van der Waals surface area contributed by atoms with Gasteiger partial charge < -0.3 is 15.1 Å². The lowest BCUT2D eigenvalue weighted by atomic mass is 10.1. The molecular formula is C19H27N5. The fourth-order valence-corrected chi connectivity index (χ4v) is 3.11. The second kappa shape index (κ2) is 7.62. The summed E-state index contributed by atoms with van der Waals surface area (Å²) in [6.07, 6.45) is 0. The molecule has 0 atom stereocenters. The molecule has 0 aliphatic carbocycles. The lowest BCUT2D eigenvalue weighted by Gasteiger charge is -2.34. The Labute approximate surface area is 144 Å². The third-order valence-corrected chi connectivity index (χ3v) is 4.52. The Morgan fingerprint density at radius 3 is 2.54 bits per heavy atom. The van der Waals surface area contributed by atoms with Gasteiger partial charge in [-0.25, -0.2) is 9.97 Å². The molecule has 2 aromatic rings. The van der Waals surface area contributed by atoms with E-state index in [9.17, 15) is 0 Å². The van der Waals surface area contributed by atoms with Crippen LogP contribution in [0.1, 0.15) is 23.9 Å². The molecule has 0 amide bonds. The van der Waals surface area contributed by atoms with Crippen molar-refractivity contribution in [3.05, 3.63) is 47.3 Å². The van der Waals surface area contributed by atoms with E-state index in [1.807, 2.05) is 6.92 Å². The first kappa shape index (κ1) is 16.7. The van der Waals surface area contributed by atoms with Crippen LogP contribution in [0.15, 0.2) is 30.3 Å². The van der Waals surface area contributed by atoms with Crippen molar-refractivity contribution in [2.45, 2.75) is 27.3 Å². The molecule has 1 N–H and O–H groups in total. The smallest absolute Gasteiger partial charge is 0.134 e.